The monoisotopic (exact) mass is 280 g/mol. The quantitative estimate of drug-likeness (QED) is 0.457. The first-order valence-corrected chi connectivity index (χ1v) is 6.55. The number of carbonyl (C=O) groups is 1. The van der Waals surface area contributed by atoms with E-state index in [0.717, 1.165) is 11.8 Å². The molecule has 2 rings (SSSR count). The second-order valence-electron chi connectivity index (χ2n) is 3.23. The molecule has 94 valence electrons. The summed E-state index contributed by atoms with van der Waals surface area (Å²) in [7, 11) is -3.06. The maximum atomic E-state index is 11.2. The first-order chi connectivity index (χ1) is 7.82. The normalized spacial score (nSPS) is 24.9. The number of nitrogens with two attached hydrogens (primary N) is 1. The fourth-order valence-corrected chi connectivity index (χ4v) is 3.40. The van der Waals surface area contributed by atoms with Gasteiger partial charge in [-0.05, 0) is 10.4 Å². The van der Waals surface area contributed by atoms with Gasteiger partial charge in [0.25, 0.3) is 5.91 Å². The van der Waals surface area contributed by atoms with Crippen molar-refractivity contribution in [2.45, 2.75) is 16.6 Å². The maximum absolute atomic E-state index is 11.2. The Hall–Kier alpha value is -1.24. The maximum Gasteiger partial charge on any atom is 0.363 e. The van der Waals surface area contributed by atoms with Crippen molar-refractivity contribution < 1.29 is 17.8 Å². The van der Waals surface area contributed by atoms with Crippen LogP contribution in [0.4, 0.5) is 0 Å². The molecule has 0 radical (unpaired) electrons. The van der Waals surface area contributed by atoms with Crippen LogP contribution in [0.1, 0.15) is 0 Å². The van der Waals surface area contributed by atoms with Gasteiger partial charge in [-0.2, -0.15) is 12.7 Å². The van der Waals surface area contributed by atoms with Gasteiger partial charge in [0.05, 0.1) is 0 Å². The number of aryl methyl sites for hydroxylation is 1. The molecular formula is C5H8N6O4S2. The highest BCUT2D eigenvalue weighted by Crippen LogP contribution is 2.34. The van der Waals surface area contributed by atoms with Gasteiger partial charge in [-0.25, -0.2) is 4.68 Å². The number of thioether (sulfide) groups is 1. The second-order valence-corrected chi connectivity index (χ2v) is 5.60. The number of nitrogens with zero attached hydrogens (tertiary/aromatic N) is 5. The molecule has 0 bridgehead atoms. The highest BCUT2D eigenvalue weighted by atomic mass is 32.2. The molecule has 1 aliphatic heterocycles. The van der Waals surface area contributed by atoms with Crippen LogP contribution in [0.15, 0.2) is 5.16 Å². The lowest BCUT2D eigenvalue weighted by molar-refractivity contribution is -0.137. The fourth-order valence-electron chi connectivity index (χ4n) is 1.25. The molecule has 17 heavy (non-hydrogen) atoms. The predicted octanol–water partition coefficient (Wildman–Crippen LogP) is -2.40. The average molecular weight is 280 g/mol. The zero-order valence-electron chi connectivity index (χ0n) is 8.46. The highest BCUT2D eigenvalue weighted by molar-refractivity contribution is 8.00. The third-order valence-corrected chi connectivity index (χ3v) is 4.44. The van der Waals surface area contributed by atoms with Crippen LogP contribution in [0.5, 0.6) is 0 Å². The van der Waals surface area contributed by atoms with Gasteiger partial charge >= 0.3 is 10.3 Å². The van der Waals surface area contributed by atoms with E-state index in [9.17, 15) is 13.2 Å². The smallest absolute Gasteiger partial charge is 0.317 e. The van der Waals surface area contributed by atoms with Crippen molar-refractivity contribution in [3.63, 3.8) is 0 Å². The first kappa shape index (κ1) is 12.2. The summed E-state index contributed by atoms with van der Waals surface area (Å²) in [6.45, 7) is 0. The number of aromatic nitrogens is 4. The van der Waals surface area contributed by atoms with Gasteiger partial charge < -0.3 is 5.73 Å². The summed E-state index contributed by atoms with van der Waals surface area (Å²) in [5.74, 6) is -0.861. The molecule has 1 amide bonds. The van der Waals surface area contributed by atoms with Crippen molar-refractivity contribution in [1.82, 2.24) is 24.5 Å². The molecule has 1 fully saturated rings. The third kappa shape index (κ3) is 1.99. The van der Waals surface area contributed by atoms with Gasteiger partial charge in [0.15, 0.2) is 0 Å². The van der Waals surface area contributed by atoms with Crippen LogP contribution in [0.25, 0.3) is 0 Å². The fraction of sp³-hybridized carbons (Fsp3) is 0.600. The van der Waals surface area contributed by atoms with E-state index in [1.54, 1.807) is 7.05 Å². The lowest BCUT2D eigenvalue weighted by atomic mass is 10.2. The molecule has 2 heterocycles. The standard InChI is InChI=1S/C5H8N6O4S2/c1-10-5(7-8-9-10)16-4-2(6)3(12)11(4)17(13,14)15/h2,4H,6H2,1H3,(H,13,14,15)/t2-,4+/m1/s1. The third-order valence-electron chi connectivity index (χ3n) is 2.10. The Bertz CT molecular complexity index is 555. The summed E-state index contributed by atoms with van der Waals surface area (Å²) < 4.78 is 32.3. The topological polar surface area (TPSA) is 144 Å². The van der Waals surface area contributed by atoms with Crippen LogP contribution >= 0.6 is 11.8 Å². The molecule has 1 saturated heterocycles. The van der Waals surface area contributed by atoms with Crippen LogP contribution in [0, 0.1) is 0 Å². The molecule has 0 unspecified atom stereocenters. The van der Waals surface area contributed by atoms with E-state index in [4.69, 9.17) is 10.3 Å². The number of amides is 1. The van der Waals surface area contributed by atoms with Gasteiger partial charge in [0.2, 0.25) is 5.16 Å². The summed E-state index contributed by atoms with van der Waals surface area (Å²) in [6, 6.07) is -1.02. The lowest BCUT2D eigenvalue weighted by Crippen LogP contribution is -2.68. The average Bonchev–Trinajstić information content (AvgIpc) is 2.61. The Labute approximate surface area is 100 Å². The number of hydrogen-bond donors (Lipinski definition) is 2. The SMILES string of the molecule is Cn1nnnc1S[C@H]1[C@H](N)C(=O)N1S(=O)(=O)O. The summed E-state index contributed by atoms with van der Waals surface area (Å²) in [6.07, 6.45) is 0. The largest absolute Gasteiger partial charge is 0.363 e. The zero-order chi connectivity index (χ0) is 12.8. The summed E-state index contributed by atoms with van der Waals surface area (Å²) in [4.78, 5) is 11.2. The van der Waals surface area contributed by atoms with Gasteiger partial charge in [0.1, 0.15) is 11.4 Å². The Kier molecular flexibility index (Phi) is 2.81. The molecular weight excluding hydrogens is 272 g/mol. The van der Waals surface area contributed by atoms with Gasteiger partial charge in [-0.15, -0.1) is 5.10 Å². The van der Waals surface area contributed by atoms with Crippen molar-refractivity contribution >= 4 is 28.0 Å². The van der Waals surface area contributed by atoms with E-state index < -0.39 is 27.6 Å². The molecule has 10 nitrogen and oxygen atoms in total. The molecule has 1 aromatic rings. The number of β-lactam (4-membered cyclic amide) rings is 1. The van der Waals surface area contributed by atoms with Crippen LogP contribution in [0.3, 0.4) is 0 Å². The van der Waals surface area contributed by atoms with E-state index in [0.29, 0.717) is 4.31 Å². The molecule has 1 aliphatic rings. The minimum absolute atomic E-state index is 0.284. The van der Waals surface area contributed by atoms with Gasteiger partial charge in [-0.3, -0.25) is 9.35 Å². The Morgan fingerprint density at radius 2 is 2.18 bits per heavy atom. The highest BCUT2D eigenvalue weighted by Gasteiger charge is 2.52. The van der Waals surface area contributed by atoms with E-state index >= 15 is 0 Å². The van der Waals surface area contributed by atoms with Gasteiger partial charge in [-0.1, -0.05) is 11.8 Å². The molecule has 2 atom stereocenters. The number of tetrazole rings is 1. The van der Waals surface area contributed by atoms with Crippen molar-refractivity contribution in [3.05, 3.63) is 0 Å². The minimum Gasteiger partial charge on any atom is -0.317 e. The zero-order valence-corrected chi connectivity index (χ0v) is 10.1. The van der Waals surface area contributed by atoms with Crippen LogP contribution in [-0.2, 0) is 22.1 Å². The predicted molar refractivity (Wildman–Crippen MR) is 54.8 cm³/mol. The summed E-state index contributed by atoms with van der Waals surface area (Å²) in [5, 5.41) is 9.84. The number of hydrogen-bond acceptors (Lipinski definition) is 8. The van der Waals surface area contributed by atoms with Crippen LogP contribution in [0.2, 0.25) is 0 Å². The molecule has 0 spiro atoms. The molecule has 0 aliphatic carbocycles. The van der Waals surface area contributed by atoms with Crippen molar-refractivity contribution in [2.75, 3.05) is 0 Å². The summed E-state index contributed by atoms with van der Waals surface area (Å²) >= 11 is 0.878. The molecule has 12 heteroatoms. The van der Waals surface area contributed by atoms with Crippen LogP contribution in [-0.4, -0.2) is 54.8 Å². The Balaban J connectivity index is 2.21. The van der Waals surface area contributed by atoms with Crippen molar-refractivity contribution in [1.29, 1.82) is 0 Å². The molecule has 0 saturated carbocycles. The minimum atomic E-state index is -4.61. The Morgan fingerprint density at radius 3 is 2.65 bits per heavy atom. The van der Waals surface area contributed by atoms with Crippen molar-refractivity contribution in [3.8, 4) is 0 Å². The second kappa shape index (κ2) is 3.90. The lowest BCUT2D eigenvalue weighted by Gasteiger charge is -2.40. The van der Waals surface area contributed by atoms with E-state index in [1.165, 1.54) is 4.68 Å². The molecule has 1 aromatic heterocycles. The molecule has 3 N–H and O–H groups in total. The molecule has 0 aromatic carbocycles. The van der Waals surface area contributed by atoms with Crippen molar-refractivity contribution in [2.24, 2.45) is 12.8 Å². The number of rotatable bonds is 3. The van der Waals surface area contributed by atoms with Gasteiger partial charge in [0, 0.05) is 7.05 Å². The number of carbonyl (C=O) groups excluding carboxylic acids is 1. The Morgan fingerprint density at radius 1 is 1.53 bits per heavy atom. The van der Waals surface area contributed by atoms with E-state index in [1.807, 2.05) is 0 Å². The first-order valence-electron chi connectivity index (χ1n) is 4.27. The van der Waals surface area contributed by atoms with E-state index in [-0.39, 0.29) is 5.16 Å². The van der Waals surface area contributed by atoms with Crippen LogP contribution < -0.4 is 5.73 Å². The van der Waals surface area contributed by atoms with E-state index in [2.05, 4.69) is 15.5 Å². The summed E-state index contributed by atoms with van der Waals surface area (Å²) in [5.41, 5.74) is 5.45.